The summed E-state index contributed by atoms with van der Waals surface area (Å²) in [5.41, 5.74) is 2.03. The van der Waals surface area contributed by atoms with Gasteiger partial charge in [-0.3, -0.25) is 0 Å². The number of halogens is 1. The molecule has 1 rings (SSSR count). The van der Waals surface area contributed by atoms with Crippen LogP contribution < -0.4 is 0 Å². The molecule has 0 N–H and O–H groups in total. The number of carbonyl (C=O) groups excluding carboxylic acids is 1. The highest BCUT2D eigenvalue weighted by Crippen LogP contribution is 2.27. The number of ether oxygens (including phenoxy) is 1. The zero-order valence-corrected chi connectivity index (χ0v) is 14.2. The summed E-state index contributed by atoms with van der Waals surface area (Å²) in [6.07, 6.45) is 0.883. The molecule has 0 amide bonds. The zero-order chi connectivity index (χ0) is 15.0. The number of hydrogen-bond donors (Lipinski definition) is 0. The molecule has 0 aliphatic rings. The summed E-state index contributed by atoms with van der Waals surface area (Å²) in [6.45, 7) is 3.92. The fourth-order valence-electron chi connectivity index (χ4n) is 1.67. The molecule has 0 aliphatic carbocycles. The number of oxime groups is 1. The van der Waals surface area contributed by atoms with Crippen molar-refractivity contribution in [2.45, 2.75) is 20.3 Å². The fourth-order valence-corrected chi connectivity index (χ4v) is 2.49. The molecule has 1 aromatic carbocycles. The number of alkyl halides is 1. The Balaban J connectivity index is 2.71. The Bertz CT molecular complexity index is 461. The van der Waals surface area contributed by atoms with Gasteiger partial charge in [-0.2, -0.15) is 0 Å². The van der Waals surface area contributed by atoms with Gasteiger partial charge in [0.2, 0.25) is 6.61 Å². The Morgan fingerprint density at radius 1 is 1.35 bits per heavy atom. The summed E-state index contributed by atoms with van der Waals surface area (Å²) in [5, 5.41) is 4.06. The van der Waals surface area contributed by atoms with Gasteiger partial charge in [0, 0.05) is 9.84 Å². The third-order valence-electron chi connectivity index (χ3n) is 3.22. The smallest absolute Gasteiger partial charge is 0.346 e. The fraction of sp³-hybridized carbons (Fsp3) is 0.467. The van der Waals surface area contributed by atoms with E-state index in [1.54, 1.807) is 0 Å². The molecule has 0 heterocycles. The first-order valence-corrected chi connectivity index (χ1v) is 7.88. The van der Waals surface area contributed by atoms with Crippen LogP contribution in [-0.4, -0.2) is 29.8 Å². The van der Waals surface area contributed by atoms with Crippen molar-refractivity contribution in [1.82, 2.24) is 0 Å². The summed E-state index contributed by atoms with van der Waals surface area (Å²) in [7, 11) is 1.33. The maximum atomic E-state index is 11.0. The molecule has 20 heavy (non-hydrogen) atoms. The van der Waals surface area contributed by atoms with E-state index in [9.17, 15) is 4.79 Å². The number of esters is 1. The first-order chi connectivity index (χ1) is 9.51. The van der Waals surface area contributed by atoms with E-state index in [1.165, 1.54) is 12.7 Å². The molecule has 1 unspecified atom stereocenters. The second kappa shape index (κ2) is 8.24. The molecular formula is C15H20INO3. The maximum Gasteiger partial charge on any atom is 0.346 e. The van der Waals surface area contributed by atoms with Crippen molar-refractivity contribution in [3.63, 3.8) is 0 Å². The van der Waals surface area contributed by atoms with Gasteiger partial charge in [-0.05, 0) is 18.9 Å². The number of methoxy groups -OCH3 is 1. The molecule has 0 aliphatic heterocycles. The van der Waals surface area contributed by atoms with E-state index >= 15 is 0 Å². The minimum atomic E-state index is -0.430. The molecule has 4 nitrogen and oxygen atoms in total. The lowest BCUT2D eigenvalue weighted by Gasteiger charge is -2.27. The van der Waals surface area contributed by atoms with Crippen molar-refractivity contribution in [1.29, 1.82) is 0 Å². The number of carbonyl (C=O) groups is 1. The number of hydrogen-bond acceptors (Lipinski definition) is 4. The van der Waals surface area contributed by atoms with Crippen molar-refractivity contribution in [2.24, 2.45) is 10.6 Å². The molecule has 0 saturated heterocycles. The average molecular weight is 389 g/mol. The van der Waals surface area contributed by atoms with E-state index in [4.69, 9.17) is 4.84 Å². The van der Waals surface area contributed by atoms with Crippen LogP contribution in [0.1, 0.15) is 19.4 Å². The second-order valence-electron chi connectivity index (χ2n) is 4.88. The van der Waals surface area contributed by atoms with Crippen LogP contribution in [0, 0.1) is 5.41 Å². The molecule has 0 aromatic heterocycles. The van der Waals surface area contributed by atoms with Crippen LogP contribution in [0.25, 0.3) is 0 Å². The van der Waals surface area contributed by atoms with Gasteiger partial charge in [-0.25, -0.2) is 4.79 Å². The highest BCUT2D eigenvalue weighted by molar-refractivity contribution is 14.1. The van der Waals surface area contributed by atoms with E-state index in [0.717, 1.165) is 16.6 Å². The van der Waals surface area contributed by atoms with Gasteiger partial charge < -0.3 is 9.57 Å². The van der Waals surface area contributed by atoms with Crippen LogP contribution >= 0.6 is 22.6 Å². The van der Waals surface area contributed by atoms with Gasteiger partial charge >= 0.3 is 5.97 Å². The molecule has 0 bridgehead atoms. The minimum absolute atomic E-state index is 0.0992. The summed E-state index contributed by atoms with van der Waals surface area (Å²) < 4.78 is 5.42. The molecule has 0 radical (unpaired) electrons. The van der Waals surface area contributed by atoms with Gasteiger partial charge in [-0.15, -0.1) is 0 Å². The highest BCUT2D eigenvalue weighted by Gasteiger charge is 2.27. The number of benzene rings is 1. The first-order valence-electron chi connectivity index (χ1n) is 6.35. The van der Waals surface area contributed by atoms with Gasteiger partial charge in [0.05, 0.1) is 12.8 Å². The topological polar surface area (TPSA) is 47.9 Å². The molecule has 0 spiro atoms. The minimum Gasteiger partial charge on any atom is -0.466 e. The monoisotopic (exact) mass is 389 g/mol. The summed E-state index contributed by atoms with van der Waals surface area (Å²) in [6, 6.07) is 10.3. The van der Waals surface area contributed by atoms with Gasteiger partial charge in [0.25, 0.3) is 0 Å². The summed E-state index contributed by atoms with van der Waals surface area (Å²) in [5.74, 6) is -0.430. The van der Waals surface area contributed by atoms with E-state index in [2.05, 4.69) is 51.5 Å². The van der Waals surface area contributed by atoms with Gasteiger partial charge in [-0.1, -0.05) is 65.0 Å². The number of nitrogens with zero attached hydrogens (tertiary/aromatic N) is 1. The quantitative estimate of drug-likeness (QED) is 0.237. The third-order valence-corrected chi connectivity index (χ3v) is 4.90. The van der Waals surface area contributed by atoms with E-state index in [1.807, 2.05) is 25.1 Å². The SMILES string of the molecule is COC(=O)CO/N=C(/C)C(C)(CI)Cc1ccccc1. The van der Waals surface area contributed by atoms with E-state index in [0.29, 0.717) is 0 Å². The van der Waals surface area contributed by atoms with Gasteiger partial charge in [0.1, 0.15) is 0 Å². The van der Waals surface area contributed by atoms with Crippen molar-refractivity contribution in [2.75, 3.05) is 18.1 Å². The second-order valence-corrected chi connectivity index (χ2v) is 5.65. The molecular weight excluding hydrogens is 369 g/mol. The van der Waals surface area contributed by atoms with Crippen molar-refractivity contribution in [3.8, 4) is 0 Å². The van der Waals surface area contributed by atoms with Crippen LogP contribution in [0.5, 0.6) is 0 Å². The normalized spacial score (nSPS) is 14.5. The van der Waals surface area contributed by atoms with Crippen LogP contribution in [0.3, 0.4) is 0 Å². The third kappa shape index (κ3) is 5.11. The molecule has 1 aromatic rings. The predicted octanol–water partition coefficient (Wildman–Crippen LogP) is 3.24. The standard InChI is InChI=1S/C15H20INO3/c1-12(17-20-10-14(18)19-3)15(2,11-16)9-13-7-5-4-6-8-13/h4-8H,9-11H2,1-3H3/b17-12-. The van der Waals surface area contributed by atoms with Crippen LogP contribution in [0.15, 0.2) is 35.5 Å². The Morgan fingerprint density at radius 3 is 2.55 bits per heavy atom. The first kappa shape index (κ1) is 16.9. The lowest BCUT2D eigenvalue weighted by molar-refractivity contribution is -0.145. The molecule has 1 atom stereocenters. The van der Waals surface area contributed by atoms with Crippen LogP contribution in [0.4, 0.5) is 0 Å². The van der Waals surface area contributed by atoms with Crippen molar-refractivity contribution in [3.05, 3.63) is 35.9 Å². The lowest BCUT2D eigenvalue weighted by Crippen LogP contribution is -2.30. The van der Waals surface area contributed by atoms with Crippen LogP contribution in [0.2, 0.25) is 0 Å². The van der Waals surface area contributed by atoms with E-state index in [-0.39, 0.29) is 12.0 Å². The average Bonchev–Trinajstić information content (AvgIpc) is 2.47. The zero-order valence-electron chi connectivity index (χ0n) is 12.1. The predicted molar refractivity (Wildman–Crippen MR) is 88.2 cm³/mol. The van der Waals surface area contributed by atoms with Crippen molar-refractivity contribution >= 4 is 34.3 Å². The maximum absolute atomic E-state index is 11.0. The van der Waals surface area contributed by atoms with E-state index < -0.39 is 5.97 Å². The largest absolute Gasteiger partial charge is 0.466 e. The highest BCUT2D eigenvalue weighted by atomic mass is 127. The van der Waals surface area contributed by atoms with Crippen molar-refractivity contribution < 1.29 is 14.4 Å². The molecule has 110 valence electrons. The Morgan fingerprint density at radius 2 is 2.00 bits per heavy atom. The molecule has 5 heteroatoms. The Hall–Kier alpha value is -1.11. The summed E-state index contributed by atoms with van der Waals surface area (Å²) in [4.78, 5) is 16.0. The Labute approximate surface area is 133 Å². The molecule has 0 fully saturated rings. The molecule has 0 saturated carbocycles. The Kier molecular flexibility index (Phi) is 6.98. The van der Waals surface area contributed by atoms with Gasteiger partial charge in [0.15, 0.2) is 0 Å². The number of rotatable bonds is 7. The lowest BCUT2D eigenvalue weighted by atomic mass is 9.82. The summed E-state index contributed by atoms with van der Waals surface area (Å²) >= 11 is 2.35. The van der Waals surface area contributed by atoms with Crippen LogP contribution in [-0.2, 0) is 20.8 Å².